The van der Waals surface area contributed by atoms with Crippen molar-refractivity contribution in [3.63, 3.8) is 0 Å². The summed E-state index contributed by atoms with van der Waals surface area (Å²) in [6.45, 7) is 2.84. The van der Waals surface area contributed by atoms with E-state index in [4.69, 9.17) is 11.6 Å². The first kappa shape index (κ1) is 18.5. The van der Waals surface area contributed by atoms with E-state index in [1.165, 1.54) is 11.1 Å². The van der Waals surface area contributed by atoms with Gasteiger partial charge in [0.1, 0.15) is 5.69 Å². The molecule has 0 bridgehead atoms. The Morgan fingerprint density at radius 1 is 1.18 bits per heavy atom. The van der Waals surface area contributed by atoms with Gasteiger partial charge in [-0.15, -0.1) is 0 Å². The Bertz CT molecular complexity index is 987. The van der Waals surface area contributed by atoms with Gasteiger partial charge in [-0.1, -0.05) is 41.9 Å². The molecule has 0 aliphatic carbocycles. The largest absolute Gasteiger partial charge is 0.385 e. The van der Waals surface area contributed by atoms with Gasteiger partial charge >= 0.3 is 0 Å². The SMILES string of the molecule is CC1Cc2ccccc2N1C(=O)c1cc(NCCc2ccc(Cl)cc2)ccn1. The second-order valence-corrected chi connectivity index (χ2v) is 7.53. The van der Waals surface area contributed by atoms with E-state index in [-0.39, 0.29) is 11.9 Å². The predicted molar refractivity (Wildman–Crippen MR) is 114 cm³/mol. The van der Waals surface area contributed by atoms with E-state index in [0.717, 1.165) is 35.8 Å². The maximum atomic E-state index is 13.1. The molecule has 0 saturated carbocycles. The number of benzene rings is 2. The van der Waals surface area contributed by atoms with Crippen LogP contribution in [0.15, 0.2) is 66.9 Å². The number of anilines is 2. The Kier molecular flexibility index (Phi) is 5.31. The standard InChI is InChI=1S/C23H22ClN3O/c1-16-14-18-4-2-3-5-22(18)27(16)23(28)21-15-20(11-13-26-21)25-12-10-17-6-8-19(24)9-7-17/h2-9,11,13,15-16H,10,12,14H2,1H3,(H,25,26). The van der Waals surface area contributed by atoms with Crippen molar-refractivity contribution in [2.24, 2.45) is 0 Å². The molecule has 1 aliphatic rings. The van der Waals surface area contributed by atoms with Crippen LogP contribution in [0.3, 0.4) is 0 Å². The Hall–Kier alpha value is -2.85. The van der Waals surface area contributed by atoms with Crippen LogP contribution in [0.4, 0.5) is 11.4 Å². The number of fused-ring (bicyclic) bond motifs is 1. The number of hydrogen-bond donors (Lipinski definition) is 1. The van der Waals surface area contributed by atoms with Gasteiger partial charge in [-0.25, -0.2) is 0 Å². The molecule has 0 fully saturated rings. The molecule has 5 heteroatoms. The van der Waals surface area contributed by atoms with Gasteiger partial charge in [0.25, 0.3) is 5.91 Å². The summed E-state index contributed by atoms with van der Waals surface area (Å²) in [6, 6.07) is 19.8. The lowest BCUT2D eigenvalue weighted by atomic mass is 10.1. The molecule has 28 heavy (non-hydrogen) atoms. The van der Waals surface area contributed by atoms with Crippen molar-refractivity contribution < 1.29 is 4.79 Å². The van der Waals surface area contributed by atoms with Gasteiger partial charge < -0.3 is 10.2 Å². The van der Waals surface area contributed by atoms with Crippen LogP contribution in [0.2, 0.25) is 5.02 Å². The molecule has 0 saturated heterocycles. The number of rotatable bonds is 5. The third kappa shape index (κ3) is 3.87. The number of hydrogen-bond acceptors (Lipinski definition) is 3. The van der Waals surface area contributed by atoms with Crippen molar-refractivity contribution in [3.8, 4) is 0 Å². The summed E-state index contributed by atoms with van der Waals surface area (Å²) in [6.07, 6.45) is 3.44. The van der Waals surface area contributed by atoms with E-state index >= 15 is 0 Å². The minimum atomic E-state index is -0.0567. The smallest absolute Gasteiger partial charge is 0.277 e. The fraction of sp³-hybridized carbons (Fsp3) is 0.217. The van der Waals surface area contributed by atoms with Crippen LogP contribution in [0.1, 0.15) is 28.5 Å². The van der Waals surface area contributed by atoms with Crippen LogP contribution in [-0.2, 0) is 12.8 Å². The Morgan fingerprint density at radius 3 is 2.79 bits per heavy atom. The highest BCUT2D eigenvalue weighted by Crippen LogP contribution is 2.33. The number of halogens is 1. The molecule has 4 nitrogen and oxygen atoms in total. The van der Waals surface area contributed by atoms with E-state index in [1.807, 2.05) is 59.5 Å². The fourth-order valence-electron chi connectivity index (χ4n) is 3.66. The van der Waals surface area contributed by atoms with Crippen LogP contribution in [0.25, 0.3) is 0 Å². The molecule has 0 spiro atoms. The van der Waals surface area contributed by atoms with E-state index in [9.17, 15) is 4.79 Å². The van der Waals surface area contributed by atoms with Gasteiger partial charge in [-0.05, 0) is 61.2 Å². The zero-order valence-corrected chi connectivity index (χ0v) is 16.5. The molecule has 142 valence electrons. The highest BCUT2D eigenvalue weighted by molar-refractivity contribution is 6.30. The van der Waals surface area contributed by atoms with E-state index < -0.39 is 0 Å². The van der Waals surface area contributed by atoms with E-state index in [0.29, 0.717) is 5.69 Å². The minimum absolute atomic E-state index is 0.0567. The zero-order chi connectivity index (χ0) is 19.5. The molecule has 1 unspecified atom stereocenters. The molecular formula is C23H22ClN3O. The first-order chi connectivity index (χ1) is 13.6. The van der Waals surface area contributed by atoms with Crippen LogP contribution >= 0.6 is 11.6 Å². The van der Waals surface area contributed by atoms with Gasteiger partial charge in [-0.2, -0.15) is 0 Å². The van der Waals surface area contributed by atoms with Gasteiger partial charge in [0.05, 0.1) is 0 Å². The number of pyridine rings is 1. The van der Waals surface area contributed by atoms with Crippen molar-refractivity contribution in [2.75, 3.05) is 16.8 Å². The fourth-order valence-corrected chi connectivity index (χ4v) is 3.78. The second-order valence-electron chi connectivity index (χ2n) is 7.09. The van der Waals surface area contributed by atoms with Crippen molar-refractivity contribution in [2.45, 2.75) is 25.8 Å². The van der Waals surface area contributed by atoms with Crippen LogP contribution in [-0.4, -0.2) is 23.5 Å². The van der Waals surface area contributed by atoms with Crippen LogP contribution < -0.4 is 10.2 Å². The molecule has 0 radical (unpaired) electrons. The molecule has 1 amide bonds. The molecule has 2 heterocycles. The molecule has 4 rings (SSSR count). The summed E-state index contributed by atoms with van der Waals surface area (Å²) in [5.41, 5.74) is 4.76. The maximum Gasteiger partial charge on any atom is 0.277 e. The number of para-hydroxylation sites is 1. The lowest BCUT2D eigenvalue weighted by molar-refractivity contribution is 0.0976. The second kappa shape index (κ2) is 8.03. The molecule has 3 aromatic rings. The monoisotopic (exact) mass is 391 g/mol. The molecule has 1 atom stereocenters. The summed E-state index contributed by atoms with van der Waals surface area (Å²) in [4.78, 5) is 19.3. The van der Waals surface area contributed by atoms with E-state index in [2.05, 4.69) is 23.3 Å². The average molecular weight is 392 g/mol. The number of carbonyl (C=O) groups is 1. The van der Waals surface area contributed by atoms with Crippen molar-refractivity contribution in [1.29, 1.82) is 0 Å². The highest BCUT2D eigenvalue weighted by atomic mass is 35.5. The molecule has 1 N–H and O–H groups in total. The number of aromatic nitrogens is 1. The summed E-state index contributed by atoms with van der Waals surface area (Å²) in [7, 11) is 0. The quantitative estimate of drug-likeness (QED) is 0.667. The normalized spacial score (nSPS) is 15.4. The predicted octanol–water partition coefficient (Wildman–Crippen LogP) is 4.98. The minimum Gasteiger partial charge on any atom is -0.385 e. The number of nitrogens with one attached hydrogen (secondary N) is 1. The van der Waals surface area contributed by atoms with Crippen molar-refractivity contribution in [3.05, 3.63) is 88.7 Å². The summed E-state index contributed by atoms with van der Waals surface area (Å²) >= 11 is 5.93. The number of amides is 1. The number of nitrogens with zero attached hydrogens (tertiary/aromatic N) is 2. The van der Waals surface area contributed by atoms with Crippen molar-refractivity contribution >= 4 is 28.9 Å². The van der Waals surface area contributed by atoms with Crippen molar-refractivity contribution in [1.82, 2.24) is 4.98 Å². The topological polar surface area (TPSA) is 45.2 Å². The molecule has 2 aromatic carbocycles. The van der Waals surface area contributed by atoms with Gasteiger partial charge in [0.15, 0.2) is 0 Å². The summed E-state index contributed by atoms with van der Waals surface area (Å²) < 4.78 is 0. The Morgan fingerprint density at radius 2 is 1.96 bits per heavy atom. The molecular weight excluding hydrogens is 370 g/mol. The lowest BCUT2D eigenvalue weighted by Gasteiger charge is -2.22. The van der Waals surface area contributed by atoms with Gasteiger partial charge in [0.2, 0.25) is 0 Å². The van der Waals surface area contributed by atoms with Crippen LogP contribution in [0, 0.1) is 0 Å². The Balaban J connectivity index is 1.45. The molecule has 1 aromatic heterocycles. The Labute approximate surface area is 170 Å². The lowest BCUT2D eigenvalue weighted by Crippen LogP contribution is -2.36. The van der Waals surface area contributed by atoms with Gasteiger partial charge in [0, 0.05) is 35.2 Å². The first-order valence-corrected chi connectivity index (χ1v) is 9.85. The average Bonchev–Trinajstić information content (AvgIpc) is 3.05. The zero-order valence-electron chi connectivity index (χ0n) is 15.7. The third-order valence-corrected chi connectivity index (χ3v) is 5.31. The third-order valence-electron chi connectivity index (χ3n) is 5.06. The first-order valence-electron chi connectivity index (χ1n) is 9.47. The van der Waals surface area contributed by atoms with E-state index in [1.54, 1.807) is 6.20 Å². The summed E-state index contributed by atoms with van der Waals surface area (Å²) in [5.74, 6) is -0.0567. The highest BCUT2D eigenvalue weighted by Gasteiger charge is 2.31. The summed E-state index contributed by atoms with van der Waals surface area (Å²) in [5, 5.41) is 4.12. The molecule has 1 aliphatic heterocycles. The maximum absolute atomic E-state index is 13.1. The van der Waals surface area contributed by atoms with Crippen LogP contribution in [0.5, 0.6) is 0 Å². The van der Waals surface area contributed by atoms with Gasteiger partial charge in [-0.3, -0.25) is 9.78 Å². The number of carbonyl (C=O) groups excluding carboxylic acids is 1.